The lowest BCUT2D eigenvalue weighted by atomic mass is 9.72. The Labute approximate surface area is 183 Å². The second-order valence-corrected chi connectivity index (χ2v) is 11.0. The molecule has 0 saturated carbocycles. The van der Waals surface area contributed by atoms with E-state index in [9.17, 15) is 0 Å². The molecule has 2 fully saturated rings. The molecule has 1 aromatic carbocycles. The Hall–Kier alpha value is -1.32. The van der Waals surface area contributed by atoms with Crippen molar-refractivity contribution in [3.8, 4) is 0 Å². The molecule has 2 N–H and O–H groups in total. The second-order valence-electron chi connectivity index (χ2n) is 11.0. The van der Waals surface area contributed by atoms with Crippen molar-refractivity contribution in [2.45, 2.75) is 102 Å². The van der Waals surface area contributed by atoms with E-state index < -0.39 is 0 Å². The number of fused-ring (bicyclic) bond motifs is 2. The summed E-state index contributed by atoms with van der Waals surface area (Å²) in [5.74, 6) is 0.506. The lowest BCUT2D eigenvalue weighted by Gasteiger charge is -2.50. The first kappa shape index (κ1) is 21.9. The van der Waals surface area contributed by atoms with Gasteiger partial charge in [0, 0.05) is 18.4 Å². The number of hydrogen-bond donors (Lipinski definition) is 1. The van der Waals surface area contributed by atoms with Crippen LogP contribution in [-0.4, -0.2) is 24.9 Å². The SMILES string of the molecule is CC[C@@]12CCCC[C@@](COC)(C[C@H](c3ccc(N)c(C4=CCC(C)(C)CC4)c3)C1)O2. The third-order valence-electron chi connectivity index (χ3n) is 8.10. The van der Waals surface area contributed by atoms with Crippen LogP contribution >= 0.6 is 0 Å². The molecule has 2 bridgehead atoms. The first-order valence-electron chi connectivity index (χ1n) is 12.1. The Bertz CT molecular complexity index is 798. The predicted octanol–water partition coefficient (Wildman–Crippen LogP) is 6.86. The number of nitrogen functional groups attached to an aromatic ring is 1. The standard InChI is InChI=1S/C27H41NO2/c1-5-26-12-6-7-13-27(30-26,19-29-4)18-22(17-26)21-8-9-24(28)23(16-21)20-10-14-25(2,3)15-11-20/h8-10,16,22H,5-7,11-15,17-19,28H2,1-4H3/t22-,26-,27+/m1/s1. The zero-order valence-corrected chi connectivity index (χ0v) is 19.6. The highest BCUT2D eigenvalue weighted by molar-refractivity contribution is 5.76. The topological polar surface area (TPSA) is 44.5 Å². The Morgan fingerprint density at radius 2 is 1.83 bits per heavy atom. The highest BCUT2D eigenvalue weighted by atomic mass is 16.6. The summed E-state index contributed by atoms with van der Waals surface area (Å²) in [7, 11) is 1.82. The van der Waals surface area contributed by atoms with Gasteiger partial charge in [0.1, 0.15) is 0 Å². The first-order valence-corrected chi connectivity index (χ1v) is 12.1. The Morgan fingerprint density at radius 3 is 2.50 bits per heavy atom. The van der Waals surface area contributed by atoms with Gasteiger partial charge in [0.25, 0.3) is 0 Å². The number of allylic oxidation sites excluding steroid dienone is 2. The molecular formula is C27H41NO2. The monoisotopic (exact) mass is 411 g/mol. The molecule has 2 saturated heterocycles. The van der Waals surface area contributed by atoms with Crippen molar-refractivity contribution in [3.05, 3.63) is 35.4 Å². The summed E-state index contributed by atoms with van der Waals surface area (Å²) in [6.07, 6.45) is 14.0. The van der Waals surface area contributed by atoms with Crippen LogP contribution < -0.4 is 5.73 Å². The van der Waals surface area contributed by atoms with Crippen LogP contribution in [0.1, 0.15) is 102 Å². The average molecular weight is 412 g/mol. The van der Waals surface area contributed by atoms with Gasteiger partial charge in [0.15, 0.2) is 0 Å². The lowest BCUT2D eigenvalue weighted by Crippen LogP contribution is -2.51. The number of benzene rings is 1. The first-order chi connectivity index (χ1) is 14.3. The van der Waals surface area contributed by atoms with Crippen molar-refractivity contribution in [2.24, 2.45) is 5.41 Å². The van der Waals surface area contributed by atoms with Gasteiger partial charge in [0.2, 0.25) is 0 Å². The van der Waals surface area contributed by atoms with E-state index in [-0.39, 0.29) is 11.2 Å². The maximum Gasteiger partial charge on any atom is 0.0928 e. The minimum atomic E-state index is -0.139. The Kier molecular flexibility index (Phi) is 6.07. The van der Waals surface area contributed by atoms with Crippen LogP contribution in [0.5, 0.6) is 0 Å². The van der Waals surface area contributed by atoms with Gasteiger partial charge in [-0.2, -0.15) is 0 Å². The highest BCUT2D eigenvalue weighted by Gasteiger charge is 2.50. The molecule has 0 aromatic heterocycles. The molecule has 0 radical (unpaired) electrons. The van der Waals surface area contributed by atoms with E-state index in [1.807, 2.05) is 7.11 Å². The van der Waals surface area contributed by atoms with E-state index in [2.05, 4.69) is 45.0 Å². The molecule has 2 aliphatic heterocycles. The van der Waals surface area contributed by atoms with Crippen LogP contribution in [0.4, 0.5) is 5.69 Å². The van der Waals surface area contributed by atoms with E-state index in [0.717, 1.165) is 44.2 Å². The summed E-state index contributed by atoms with van der Waals surface area (Å²) in [6, 6.07) is 6.83. The van der Waals surface area contributed by atoms with Crippen LogP contribution in [0.25, 0.3) is 5.57 Å². The molecule has 166 valence electrons. The van der Waals surface area contributed by atoms with Gasteiger partial charge in [-0.25, -0.2) is 0 Å². The normalized spacial score (nSPS) is 33.6. The number of ether oxygens (including phenoxy) is 2. The fraction of sp³-hybridized carbons (Fsp3) is 0.704. The molecule has 3 nitrogen and oxygen atoms in total. The predicted molar refractivity (Wildman–Crippen MR) is 126 cm³/mol. The van der Waals surface area contributed by atoms with Crippen molar-refractivity contribution in [3.63, 3.8) is 0 Å². The third kappa shape index (κ3) is 4.34. The maximum absolute atomic E-state index is 6.90. The second kappa shape index (κ2) is 8.31. The van der Waals surface area contributed by atoms with Gasteiger partial charge in [-0.05, 0) is 86.0 Å². The number of rotatable bonds is 5. The van der Waals surface area contributed by atoms with Crippen LogP contribution in [0.15, 0.2) is 24.3 Å². The lowest BCUT2D eigenvalue weighted by molar-refractivity contribution is -0.212. The van der Waals surface area contributed by atoms with E-state index in [4.69, 9.17) is 15.2 Å². The molecule has 0 amide bonds. The molecule has 3 heteroatoms. The van der Waals surface area contributed by atoms with Crippen molar-refractivity contribution in [1.29, 1.82) is 0 Å². The summed E-state index contributed by atoms with van der Waals surface area (Å²) < 4.78 is 12.6. The van der Waals surface area contributed by atoms with Gasteiger partial charge in [0.05, 0.1) is 17.8 Å². The van der Waals surface area contributed by atoms with Gasteiger partial charge in [-0.15, -0.1) is 0 Å². The van der Waals surface area contributed by atoms with E-state index in [1.165, 1.54) is 42.4 Å². The third-order valence-corrected chi connectivity index (χ3v) is 8.10. The van der Waals surface area contributed by atoms with E-state index in [0.29, 0.717) is 17.9 Å². The fourth-order valence-corrected chi connectivity index (χ4v) is 6.19. The van der Waals surface area contributed by atoms with E-state index in [1.54, 1.807) is 0 Å². The Morgan fingerprint density at radius 1 is 1.10 bits per heavy atom. The maximum atomic E-state index is 6.90. The minimum absolute atomic E-state index is 0.00632. The molecule has 0 unspecified atom stereocenters. The summed E-state index contributed by atoms with van der Waals surface area (Å²) in [5.41, 5.74) is 11.8. The molecule has 3 atom stereocenters. The van der Waals surface area contributed by atoms with Crippen molar-refractivity contribution < 1.29 is 9.47 Å². The Balaban J connectivity index is 1.67. The van der Waals surface area contributed by atoms with E-state index >= 15 is 0 Å². The molecule has 1 aromatic rings. The minimum Gasteiger partial charge on any atom is -0.398 e. The van der Waals surface area contributed by atoms with Gasteiger partial charge < -0.3 is 15.2 Å². The van der Waals surface area contributed by atoms with Crippen LogP contribution in [-0.2, 0) is 9.47 Å². The number of nitrogens with two attached hydrogens (primary N) is 1. The van der Waals surface area contributed by atoms with Gasteiger partial charge in [-0.1, -0.05) is 45.8 Å². The molecule has 2 heterocycles. The van der Waals surface area contributed by atoms with Gasteiger partial charge in [-0.3, -0.25) is 0 Å². The zero-order chi connectivity index (χ0) is 21.4. The number of anilines is 1. The molecule has 4 rings (SSSR count). The summed E-state index contributed by atoms with van der Waals surface area (Å²) in [4.78, 5) is 0. The molecule has 1 aliphatic carbocycles. The average Bonchev–Trinajstić information content (AvgIpc) is 2.85. The number of methoxy groups -OCH3 is 1. The van der Waals surface area contributed by atoms with Crippen LogP contribution in [0.2, 0.25) is 0 Å². The largest absolute Gasteiger partial charge is 0.398 e. The highest BCUT2D eigenvalue weighted by Crippen LogP contribution is 2.52. The van der Waals surface area contributed by atoms with Crippen molar-refractivity contribution in [2.75, 3.05) is 19.5 Å². The summed E-state index contributed by atoms with van der Waals surface area (Å²) in [6.45, 7) is 7.73. The smallest absolute Gasteiger partial charge is 0.0928 e. The molecule has 3 aliphatic rings. The molecule has 30 heavy (non-hydrogen) atoms. The van der Waals surface area contributed by atoms with Crippen molar-refractivity contribution >= 4 is 11.3 Å². The van der Waals surface area contributed by atoms with Gasteiger partial charge >= 0.3 is 0 Å². The quantitative estimate of drug-likeness (QED) is 0.538. The summed E-state index contributed by atoms with van der Waals surface area (Å²) >= 11 is 0. The summed E-state index contributed by atoms with van der Waals surface area (Å²) in [5, 5.41) is 0. The van der Waals surface area contributed by atoms with Crippen molar-refractivity contribution in [1.82, 2.24) is 0 Å². The fourth-order valence-electron chi connectivity index (χ4n) is 6.19. The zero-order valence-electron chi connectivity index (χ0n) is 19.6. The number of hydrogen-bond acceptors (Lipinski definition) is 3. The molecular weight excluding hydrogens is 370 g/mol. The van der Waals surface area contributed by atoms with Crippen LogP contribution in [0.3, 0.4) is 0 Å². The van der Waals surface area contributed by atoms with Crippen LogP contribution in [0, 0.1) is 5.41 Å². The molecule has 0 spiro atoms.